The molecular weight excluding hydrogens is 334 g/mol. The zero-order chi connectivity index (χ0) is 17.6. The average molecular weight is 353 g/mol. The fourth-order valence-electron chi connectivity index (χ4n) is 2.22. The van der Waals surface area contributed by atoms with Crippen LogP contribution in [0.5, 0.6) is 5.75 Å². The second-order valence-corrected chi connectivity index (χ2v) is 6.55. The molecule has 0 aliphatic carbocycles. The van der Waals surface area contributed by atoms with Gasteiger partial charge in [0.1, 0.15) is 17.4 Å². The zero-order valence-electron chi connectivity index (χ0n) is 14.1. The second-order valence-electron chi connectivity index (χ2n) is 5.69. The molecule has 3 aromatic rings. The first-order valence-corrected chi connectivity index (χ1v) is 8.89. The van der Waals surface area contributed by atoms with Gasteiger partial charge in [0, 0.05) is 10.9 Å². The van der Waals surface area contributed by atoms with E-state index in [0.717, 1.165) is 16.3 Å². The summed E-state index contributed by atoms with van der Waals surface area (Å²) < 4.78 is 10.9. The van der Waals surface area contributed by atoms with Crippen LogP contribution in [0.1, 0.15) is 18.2 Å². The molecule has 0 amide bonds. The number of hydrogen-bond acceptors (Lipinski definition) is 5. The fourth-order valence-corrected chi connectivity index (χ4v) is 3.03. The zero-order valence-corrected chi connectivity index (χ0v) is 15.0. The van der Waals surface area contributed by atoms with Crippen molar-refractivity contribution in [3.05, 3.63) is 71.2 Å². The lowest BCUT2D eigenvalue weighted by atomic mass is 10.2. The van der Waals surface area contributed by atoms with Crippen LogP contribution in [0.2, 0.25) is 0 Å². The number of carbonyl (C=O) groups excluding carboxylic acids is 1. The first-order chi connectivity index (χ1) is 12.1. The quantitative estimate of drug-likeness (QED) is 0.606. The van der Waals surface area contributed by atoms with Crippen LogP contribution in [-0.2, 0) is 16.1 Å². The molecule has 1 heterocycles. The van der Waals surface area contributed by atoms with E-state index in [0.29, 0.717) is 5.75 Å². The van der Waals surface area contributed by atoms with Gasteiger partial charge in [0.25, 0.3) is 0 Å². The molecule has 4 nitrogen and oxygen atoms in total. The number of thiazole rings is 1. The number of hydrogen-bond donors (Lipinski definition) is 0. The van der Waals surface area contributed by atoms with Crippen molar-refractivity contribution in [2.75, 3.05) is 0 Å². The number of esters is 1. The summed E-state index contributed by atoms with van der Waals surface area (Å²) in [5.74, 6) is 0.232. The van der Waals surface area contributed by atoms with Gasteiger partial charge in [-0.3, -0.25) is 0 Å². The number of ether oxygens (including phenoxy) is 2. The van der Waals surface area contributed by atoms with E-state index < -0.39 is 12.1 Å². The topological polar surface area (TPSA) is 48.4 Å². The Morgan fingerprint density at radius 3 is 2.56 bits per heavy atom. The summed E-state index contributed by atoms with van der Waals surface area (Å²) >= 11 is 1.54. The molecule has 25 heavy (non-hydrogen) atoms. The van der Waals surface area contributed by atoms with Crippen molar-refractivity contribution in [1.82, 2.24) is 4.98 Å². The molecule has 1 aromatic heterocycles. The summed E-state index contributed by atoms with van der Waals surface area (Å²) in [5, 5.41) is 2.82. The summed E-state index contributed by atoms with van der Waals surface area (Å²) in [6.07, 6.45) is -0.669. The minimum Gasteiger partial charge on any atom is -0.479 e. The van der Waals surface area contributed by atoms with Crippen molar-refractivity contribution >= 4 is 17.3 Å². The summed E-state index contributed by atoms with van der Waals surface area (Å²) in [5.41, 5.74) is 3.01. The Hall–Kier alpha value is -2.66. The van der Waals surface area contributed by atoms with Crippen LogP contribution >= 0.6 is 11.3 Å². The summed E-state index contributed by atoms with van der Waals surface area (Å²) in [6, 6.07) is 17.4. The maximum Gasteiger partial charge on any atom is 0.347 e. The van der Waals surface area contributed by atoms with Gasteiger partial charge in [0.2, 0.25) is 0 Å². The number of carbonyl (C=O) groups is 1. The molecule has 0 aliphatic rings. The molecule has 0 aliphatic heterocycles. The summed E-state index contributed by atoms with van der Waals surface area (Å²) in [6.45, 7) is 3.87. The van der Waals surface area contributed by atoms with Crippen LogP contribution in [0.4, 0.5) is 0 Å². The minimum atomic E-state index is -0.669. The van der Waals surface area contributed by atoms with E-state index in [9.17, 15) is 4.79 Å². The van der Waals surface area contributed by atoms with Gasteiger partial charge >= 0.3 is 5.97 Å². The van der Waals surface area contributed by atoms with Crippen molar-refractivity contribution in [3.8, 4) is 16.3 Å². The highest BCUT2D eigenvalue weighted by molar-refractivity contribution is 7.13. The largest absolute Gasteiger partial charge is 0.479 e. The van der Waals surface area contributed by atoms with Gasteiger partial charge < -0.3 is 9.47 Å². The molecule has 0 radical (unpaired) electrons. The van der Waals surface area contributed by atoms with Gasteiger partial charge in [0.05, 0.1) is 5.69 Å². The molecule has 0 N–H and O–H groups in total. The van der Waals surface area contributed by atoms with Crippen molar-refractivity contribution in [3.63, 3.8) is 0 Å². The fraction of sp³-hybridized carbons (Fsp3) is 0.200. The molecule has 0 spiro atoms. The number of nitrogens with zero attached hydrogens (tertiary/aromatic N) is 1. The SMILES string of the molecule is Cc1ccc(-c2nc(COC(=O)[C@H](C)Oc3ccccc3)cs2)cc1. The predicted octanol–water partition coefficient (Wildman–Crippen LogP) is 4.63. The second kappa shape index (κ2) is 7.94. The Morgan fingerprint density at radius 2 is 1.84 bits per heavy atom. The molecular formula is C20H19NO3S. The van der Waals surface area contributed by atoms with Gasteiger partial charge in [-0.05, 0) is 26.0 Å². The van der Waals surface area contributed by atoms with Crippen molar-refractivity contribution in [1.29, 1.82) is 0 Å². The maximum absolute atomic E-state index is 12.1. The first kappa shape index (κ1) is 17.2. The molecule has 0 bridgehead atoms. The summed E-state index contributed by atoms with van der Waals surface area (Å²) in [4.78, 5) is 16.6. The Labute approximate surface area is 151 Å². The first-order valence-electron chi connectivity index (χ1n) is 8.01. The number of aryl methyl sites for hydroxylation is 1. The third-order valence-corrected chi connectivity index (χ3v) is 4.54. The highest BCUT2D eigenvalue weighted by Crippen LogP contribution is 2.24. The van der Waals surface area contributed by atoms with Gasteiger partial charge in [-0.25, -0.2) is 9.78 Å². The summed E-state index contributed by atoms with van der Waals surface area (Å²) in [7, 11) is 0. The standard InChI is InChI=1S/C20H19NO3S/c1-14-8-10-16(11-9-14)19-21-17(13-25-19)12-23-20(22)15(2)24-18-6-4-3-5-7-18/h3-11,13,15H,12H2,1-2H3/t15-/m0/s1. The molecule has 0 saturated carbocycles. The predicted molar refractivity (Wildman–Crippen MR) is 98.6 cm³/mol. The van der Waals surface area contributed by atoms with E-state index in [-0.39, 0.29) is 6.61 Å². The van der Waals surface area contributed by atoms with Gasteiger partial charge in [-0.1, -0.05) is 48.0 Å². The normalized spacial score (nSPS) is 11.8. The Morgan fingerprint density at radius 1 is 1.12 bits per heavy atom. The molecule has 1 atom stereocenters. The third kappa shape index (κ3) is 4.67. The Kier molecular flexibility index (Phi) is 5.46. The van der Waals surface area contributed by atoms with E-state index in [1.165, 1.54) is 16.9 Å². The lowest BCUT2D eigenvalue weighted by Gasteiger charge is -2.13. The van der Waals surface area contributed by atoms with Crippen molar-refractivity contribution < 1.29 is 14.3 Å². The van der Waals surface area contributed by atoms with E-state index in [4.69, 9.17) is 9.47 Å². The van der Waals surface area contributed by atoms with Crippen molar-refractivity contribution in [2.24, 2.45) is 0 Å². The van der Waals surface area contributed by atoms with E-state index in [1.54, 1.807) is 19.1 Å². The molecule has 0 fully saturated rings. The molecule has 0 saturated heterocycles. The lowest BCUT2D eigenvalue weighted by Crippen LogP contribution is -2.26. The molecule has 5 heteroatoms. The monoisotopic (exact) mass is 353 g/mol. The number of benzene rings is 2. The van der Waals surface area contributed by atoms with Crippen LogP contribution in [0.3, 0.4) is 0 Å². The number of rotatable bonds is 6. The maximum atomic E-state index is 12.1. The lowest BCUT2D eigenvalue weighted by molar-refractivity contribution is -0.152. The van der Waals surface area contributed by atoms with Crippen LogP contribution < -0.4 is 4.74 Å². The van der Waals surface area contributed by atoms with Crippen LogP contribution in [0, 0.1) is 6.92 Å². The minimum absolute atomic E-state index is 0.143. The third-order valence-electron chi connectivity index (χ3n) is 3.60. The van der Waals surface area contributed by atoms with Gasteiger partial charge in [0.15, 0.2) is 6.10 Å². The van der Waals surface area contributed by atoms with Crippen LogP contribution in [-0.4, -0.2) is 17.1 Å². The molecule has 0 unspecified atom stereocenters. The molecule has 2 aromatic carbocycles. The average Bonchev–Trinajstić information content (AvgIpc) is 3.10. The van der Waals surface area contributed by atoms with Crippen LogP contribution in [0.25, 0.3) is 10.6 Å². The van der Waals surface area contributed by atoms with Crippen LogP contribution in [0.15, 0.2) is 60.0 Å². The Bertz CT molecular complexity index is 828. The van der Waals surface area contributed by atoms with E-state index in [1.807, 2.05) is 35.7 Å². The Balaban J connectivity index is 1.54. The smallest absolute Gasteiger partial charge is 0.347 e. The number of para-hydroxylation sites is 1. The molecule has 3 rings (SSSR count). The molecule has 128 valence electrons. The van der Waals surface area contributed by atoms with E-state index >= 15 is 0 Å². The van der Waals surface area contributed by atoms with Gasteiger partial charge in [-0.2, -0.15) is 0 Å². The van der Waals surface area contributed by atoms with E-state index in [2.05, 4.69) is 24.0 Å². The highest BCUT2D eigenvalue weighted by Gasteiger charge is 2.17. The highest BCUT2D eigenvalue weighted by atomic mass is 32.1. The number of aromatic nitrogens is 1. The van der Waals surface area contributed by atoms with Crippen molar-refractivity contribution in [2.45, 2.75) is 26.6 Å². The van der Waals surface area contributed by atoms with Gasteiger partial charge in [-0.15, -0.1) is 11.3 Å².